The molecule has 31 heavy (non-hydrogen) atoms. The molecule has 4 nitrogen and oxygen atoms in total. The van der Waals surface area contributed by atoms with Gasteiger partial charge in [-0.05, 0) is 66.8 Å². The number of hydrogen-bond donors (Lipinski definition) is 1. The summed E-state index contributed by atoms with van der Waals surface area (Å²) < 4.78 is 19.8. The second-order valence-corrected chi connectivity index (χ2v) is 8.32. The molecule has 6 heteroatoms. The van der Waals surface area contributed by atoms with E-state index in [0.29, 0.717) is 30.8 Å². The van der Waals surface area contributed by atoms with Crippen molar-refractivity contribution in [1.29, 1.82) is 0 Å². The Morgan fingerprint density at radius 3 is 2.68 bits per heavy atom. The number of amides is 1. The Hall–Kier alpha value is -3.05. The average Bonchev–Trinajstić information content (AvgIpc) is 3.16. The van der Waals surface area contributed by atoms with Gasteiger partial charge >= 0.3 is 0 Å². The monoisotopic (exact) mass is 436 g/mol. The summed E-state index contributed by atoms with van der Waals surface area (Å²) in [7, 11) is 1.62. The van der Waals surface area contributed by atoms with Crippen molar-refractivity contribution < 1.29 is 13.9 Å². The number of hydrogen-bond acceptors (Lipinski definition) is 2. The molecule has 1 atom stereocenters. The number of carbonyl (C=O) groups excluding carboxylic acids is 1. The maximum Gasteiger partial charge on any atom is 0.257 e. The van der Waals surface area contributed by atoms with Crippen LogP contribution in [0.3, 0.4) is 0 Å². The van der Waals surface area contributed by atoms with Crippen molar-refractivity contribution in [3.63, 3.8) is 0 Å². The van der Waals surface area contributed by atoms with Crippen LogP contribution in [0.15, 0.2) is 66.0 Å². The third kappa shape index (κ3) is 3.43. The number of aromatic amines is 1. The van der Waals surface area contributed by atoms with Gasteiger partial charge in [0.25, 0.3) is 5.91 Å². The molecule has 1 N–H and O–H groups in total. The molecule has 1 aliphatic carbocycles. The summed E-state index contributed by atoms with van der Waals surface area (Å²) >= 11 is 6.25. The highest BCUT2D eigenvalue weighted by Crippen LogP contribution is 2.40. The third-order valence-corrected chi connectivity index (χ3v) is 6.34. The minimum Gasteiger partial charge on any atom is -0.497 e. The Kier molecular flexibility index (Phi) is 5.06. The summed E-state index contributed by atoms with van der Waals surface area (Å²) in [6, 6.07) is 13.1. The maximum atomic E-state index is 14.5. The number of benzene rings is 2. The molecule has 2 aliphatic rings. The van der Waals surface area contributed by atoms with E-state index in [2.05, 4.69) is 4.98 Å². The van der Waals surface area contributed by atoms with E-state index in [-0.39, 0.29) is 17.5 Å². The van der Waals surface area contributed by atoms with E-state index in [1.807, 2.05) is 42.5 Å². The first-order valence-corrected chi connectivity index (χ1v) is 10.8. The molecular weight excluding hydrogens is 415 g/mol. The number of aromatic nitrogens is 1. The van der Waals surface area contributed by atoms with Gasteiger partial charge < -0.3 is 14.6 Å². The molecule has 0 radical (unpaired) electrons. The van der Waals surface area contributed by atoms with E-state index < -0.39 is 5.83 Å². The van der Waals surface area contributed by atoms with Crippen LogP contribution in [0, 0.1) is 0 Å². The molecule has 0 fully saturated rings. The molecule has 0 saturated heterocycles. The molecule has 3 aromatic rings. The molecule has 1 amide bonds. The third-order valence-electron chi connectivity index (χ3n) is 6.11. The Bertz CT molecular complexity index is 1230. The predicted molar refractivity (Wildman–Crippen MR) is 120 cm³/mol. The van der Waals surface area contributed by atoms with Gasteiger partial charge in [-0.15, -0.1) is 0 Å². The first kappa shape index (κ1) is 19.9. The van der Waals surface area contributed by atoms with E-state index in [0.717, 1.165) is 33.5 Å². The minimum absolute atomic E-state index is 0.160. The summed E-state index contributed by atoms with van der Waals surface area (Å²) in [6.07, 6.45) is 5.18. The van der Waals surface area contributed by atoms with Crippen LogP contribution in [0.1, 0.15) is 35.7 Å². The van der Waals surface area contributed by atoms with Gasteiger partial charge in [-0.1, -0.05) is 29.8 Å². The lowest BCUT2D eigenvalue weighted by Crippen LogP contribution is -2.41. The Morgan fingerprint density at radius 2 is 1.94 bits per heavy atom. The van der Waals surface area contributed by atoms with Gasteiger partial charge in [0.15, 0.2) is 0 Å². The molecule has 0 spiro atoms. The van der Waals surface area contributed by atoms with E-state index in [9.17, 15) is 9.18 Å². The molecule has 0 bridgehead atoms. The van der Waals surface area contributed by atoms with Crippen molar-refractivity contribution in [2.45, 2.75) is 25.3 Å². The van der Waals surface area contributed by atoms with Crippen molar-refractivity contribution in [3.8, 4) is 5.75 Å². The summed E-state index contributed by atoms with van der Waals surface area (Å²) in [4.78, 5) is 18.7. The second-order valence-electron chi connectivity index (χ2n) is 7.88. The number of carbonyl (C=O) groups is 1. The van der Waals surface area contributed by atoms with Gasteiger partial charge in [0, 0.05) is 28.2 Å². The molecule has 0 saturated carbocycles. The molecule has 2 heterocycles. The summed E-state index contributed by atoms with van der Waals surface area (Å²) in [6.45, 7) is 0.493. The first-order valence-electron chi connectivity index (χ1n) is 10.4. The largest absolute Gasteiger partial charge is 0.497 e. The number of methoxy groups -OCH3 is 1. The lowest BCUT2D eigenvalue weighted by Gasteiger charge is -2.37. The Balaban J connectivity index is 1.64. The summed E-state index contributed by atoms with van der Waals surface area (Å²) in [5.74, 6) is 0.0283. The lowest BCUT2D eigenvalue weighted by molar-refractivity contribution is -0.129. The van der Waals surface area contributed by atoms with Crippen LogP contribution in [0.25, 0.3) is 10.9 Å². The number of halogens is 2. The van der Waals surface area contributed by atoms with Gasteiger partial charge in [-0.2, -0.15) is 0 Å². The average molecular weight is 437 g/mol. The van der Waals surface area contributed by atoms with E-state index in [1.165, 1.54) is 6.08 Å². The van der Waals surface area contributed by atoms with Gasteiger partial charge in [0.05, 0.1) is 18.7 Å². The smallest absolute Gasteiger partial charge is 0.257 e. The van der Waals surface area contributed by atoms with E-state index in [4.69, 9.17) is 16.3 Å². The number of nitrogens with zero attached hydrogens (tertiary/aromatic N) is 1. The second kappa shape index (κ2) is 7.89. The molecule has 1 aromatic heterocycles. The lowest BCUT2D eigenvalue weighted by atomic mass is 9.91. The van der Waals surface area contributed by atoms with Crippen LogP contribution >= 0.6 is 11.6 Å². The number of H-pyrrole nitrogens is 1. The van der Waals surface area contributed by atoms with Crippen molar-refractivity contribution in [2.75, 3.05) is 13.7 Å². The fourth-order valence-electron chi connectivity index (χ4n) is 4.60. The Labute approximate surface area is 185 Å². The summed E-state index contributed by atoms with van der Waals surface area (Å²) in [5.41, 5.74) is 4.17. The zero-order valence-corrected chi connectivity index (χ0v) is 17.9. The number of ether oxygens (including phenoxy) is 1. The fraction of sp³-hybridized carbons (Fsp3) is 0.240. The van der Waals surface area contributed by atoms with Gasteiger partial charge in [0.2, 0.25) is 0 Å². The highest BCUT2D eigenvalue weighted by atomic mass is 35.5. The SMILES string of the molecule is COc1ccc(C2c3[nH]c4ccc(Cl)cc4c3CCN2C(=O)C2=CCCC=C2F)cc1. The van der Waals surface area contributed by atoms with Crippen molar-refractivity contribution in [2.24, 2.45) is 0 Å². The summed E-state index contributed by atoms with van der Waals surface area (Å²) in [5, 5.41) is 1.74. The molecule has 1 aliphatic heterocycles. The molecule has 158 valence electrons. The zero-order valence-electron chi connectivity index (χ0n) is 17.1. The molecular formula is C25H22ClFN2O2. The Morgan fingerprint density at radius 1 is 1.16 bits per heavy atom. The molecule has 2 aromatic carbocycles. The quantitative estimate of drug-likeness (QED) is 0.557. The number of fused-ring (bicyclic) bond motifs is 3. The van der Waals surface area contributed by atoms with Crippen LogP contribution < -0.4 is 4.74 Å². The zero-order chi connectivity index (χ0) is 21.5. The number of nitrogens with one attached hydrogen (secondary N) is 1. The molecule has 5 rings (SSSR count). The van der Waals surface area contributed by atoms with Crippen LogP contribution in [0.4, 0.5) is 4.39 Å². The van der Waals surface area contributed by atoms with Crippen LogP contribution in [0.2, 0.25) is 5.02 Å². The number of allylic oxidation sites excluding steroid dienone is 2. The van der Waals surface area contributed by atoms with Gasteiger partial charge in [-0.25, -0.2) is 4.39 Å². The fourth-order valence-corrected chi connectivity index (χ4v) is 4.77. The highest BCUT2D eigenvalue weighted by molar-refractivity contribution is 6.31. The van der Waals surface area contributed by atoms with E-state index >= 15 is 0 Å². The molecule has 1 unspecified atom stereocenters. The van der Waals surface area contributed by atoms with Crippen LogP contribution in [0.5, 0.6) is 5.75 Å². The van der Waals surface area contributed by atoms with Crippen molar-refractivity contribution in [3.05, 3.63) is 87.9 Å². The minimum atomic E-state index is -0.432. The van der Waals surface area contributed by atoms with Gasteiger partial charge in [0.1, 0.15) is 11.6 Å². The normalized spacial score (nSPS) is 18.4. The number of rotatable bonds is 3. The predicted octanol–water partition coefficient (Wildman–Crippen LogP) is 5.88. The van der Waals surface area contributed by atoms with Crippen LogP contribution in [-0.4, -0.2) is 29.4 Å². The van der Waals surface area contributed by atoms with Crippen molar-refractivity contribution >= 4 is 28.4 Å². The standard InChI is InChI=1S/C25H22ClFN2O2/c1-31-17-9-6-15(7-10-17)24-23-18(20-14-16(26)8-11-22(20)28-23)12-13-29(24)25(30)19-4-2-3-5-21(19)27/h4-11,14,24,28H,2-3,12-13H2,1H3. The van der Waals surface area contributed by atoms with Gasteiger partial charge in [-0.3, -0.25) is 4.79 Å². The van der Waals surface area contributed by atoms with Crippen LogP contribution in [-0.2, 0) is 11.2 Å². The topological polar surface area (TPSA) is 45.3 Å². The van der Waals surface area contributed by atoms with Crippen molar-refractivity contribution in [1.82, 2.24) is 9.88 Å². The first-order chi connectivity index (χ1) is 15.1. The maximum absolute atomic E-state index is 14.5. The van der Waals surface area contributed by atoms with E-state index in [1.54, 1.807) is 18.1 Å². The highest BCUT2D eigenvalue weighted by Gasteiger charge is 2.36.